The molecule has 0 saturated carbocycles. The Morgan fingerprint density at radius 2 is 1.97 bits per heavy atom. The molecule has 2 aromatic heterocycles. The predicted octanol–water partition coefficient (Wildman–Crippen LogP) is 3.24. The van der Waals surface area contributed by atoms with Crippen LogP contribution in [0.5, 0.6) is 0 Å². The summed E-state index contributed by atoms with van der Waals surface area (Å²) in [5.74, 6) is -0.0586. The maximum atomic E-state index is 13.0. The number of carbonyl (C=O) groups excluding carboxylic acids is 2. The van der Waals surface area contributed by atoms with Crippen LogP contribution in [-0.2, 0) is 4.79 Å². The van der Waals surface area contributed by atoms with Gasteiger partial charge in [0, 0.05) is 37.6 Å². The second-order valence-electron chi connectivity index (χ2n) is 8.05. The van der Waals surface area contributed by atoms with Gasteiger partial charge in [0.2, 0.25) is 5.91 Å². The van der Waals surface area contributed by atoms with Gasteiger partial charge in [0.1, 0.15) is 5.69 Å². The number of hydrogen-bond donors (Lipinski definition) is 2. The van der Waals surface area contributed by atoms with Crippen LogP contribution in [0.15, 0.2) is 60.9 Å². The van der Waals surface area contributed by atoms with Crippen LogP contribution >= 0.6 is 0 Å². The van der Waals surface area contributed by atoms with Crippen molar-refractivity contribution < 1.29 is 9.59 Å². The van der Waals surface area contributed by atoms with Crippen molar-refractivity contribution in [3.8, 4) is 11.3 Å². The smallest absolute Gasteiger partial charge is 0.271 e. The molecule has 2 atom stereocenters. The van der Waals surface area contributed by atoms with E-state index in [1.54, 1.807) is 23.4 Å². The van der Waals surface area contributed by atoms with Gasteiger partial charge in [-0.15, -0.1) is 0 Å². The number of rotatable bonds is 6. The number of nitrogens with zero attached hydrogens (tertiary/aromatic N) is 3. The van der Waals surface area contributed by atoms with Crippen LogP contribution in [0.25, 0.3) is 11.3 Å². The average Bonchev–Trinajstić information content (AvgIpc) is 3.33. The van der Waals surface area contributed by atoms with Crippen molar-refractivity contribution in [2.24, 2.45) is 5.92 Å². The number of H-pyrrole nitrogens is 1. The van der Waals surface area contributed by atoms with Gasteiger partial charge in [-0.3, -0.25) is 19.7 Å². The van der Waals surface area contributed by atoms with Gasteiger partial charge in [-0.2, -0.15) is 5.10 Å². The van der Waals surface area contributed by atoms with Crippen LogP contribution in [0.2, 0.25) is 0 Å². The van der Waals surface area contributed by atoms with Gasteiger partial charge in [0.05, 0.1) is 11.6 Å². The minimum atomic E-state index is -0.191. The van der Waals surface area contributed by atoms with E-state index in [0.717, 1.165) is 18.4 Å². The summed E-state index contributed by atoms with van der Waals surface area (Å²) >= 11 is 0. The molecule has 1 aromatic carbocycles. The standard InChI is InChI=1S/C24H27N5O2/c1-17(18-6-3-2-4-7-18)15-26-23(30)20-8-5-13-29(16-20)24(31)22-14-21(27-28-22)19-9-11-25-12-10-19/h2-4,6-7,9-12,14,17,20H,5,8,13,15-16H2,1H3,(H,26,30)(H,27,28)/t17-,20-/m1/s1. The Morgan fingerprint density at radius 3 is 2.74 bits per heavy atom. The number of pyridine rings is 1. The molecular weight excluding hydrogens is 390 g/mol. The normalized spacial score (nSPS) is 17.2. The van der Waals surface area contributed by atoms with Crippen LogP contribution in [0.3, 0.4) is 0 Å². The lowest BCUT2D eigenvalue weighted by atomic mass is 9.96. The lowest BCUT2D eigenvalue weighted by Crippen LogP contribution is -2.46. The number of likely N-dealkylation sites (tertiary alicyclic amines) is 1. The van der Waals surface area contributed by atoms with Crippen molar-refractivity contribution in [1.82, 2.24) is 25.4 Å². The van der Waals surface area contributed by atoms with Crippen molar-refractivity contribution in [2.45, 2.75) is 25.7 Å². The van der Waals surface area contributed by atoms with Crippen LogP contribution in [0.4, 0.5) is 0 Å². The van der Waals surface area contributed by atoms with E-state index in [0.29, 0.717) is 31.0 Å². The van der Waals surface area contributed by atoms with E-state index in [4.69, 9.17) is 0 Å². The highest BCUT2D eigenvalue weighted by molar-refractivity contribution is 5.94. The van der Waals surface area contributed by atoms with E-state index >= 15 is 0 Å². The number of aromatic amines is 1. The fourth-order valence-electron chi connectivity index (χ4n) is 3.95. The highest BCUT2D eigenvalue weighted by atomic mass is 16.2. The third-order valence-electron chi connectivity index (χ3n) is 5.81. The first kappa shape index (κ1) is 20.8. The van der Waals surface area contributed by atoms with Crippen molar-refractivity contribution >= 4 is 11.8 Å². The molecule has 1 aliphatic heterocycles. The molecule has 7 heteroatoms. The van der Waals surface area contributed by atoms with Crippen molar-refractivity contribution in [3.63, 3.8) is 0 Å². The molecule has 2 amide bonds. The minimum Gasteiger partial charge on any atom is -0.355 e. The number of nitrogens with one attached hydrogen (secondary N) is 2. The second-order valence-corrected chi connectivity index (χ2v) is 8.05. The van der Waals surface area contributed by atoms with E-state index in [1.807, 2.05) is 30.3 Å². The van der Waals surface area contributed by atoms with Gasteiger partial charge in [-0.1, -0.05) is 37.3 Å². The molecule has 160 valence electrons. The summed E-state index contributed by atoms with van der Waals surface area (Å²) in [7, 11) is 0. The lowest BCUT2D eigenvalue weighted by molar-refractivity contribution is -0.126. The SMILES string of the molecule is C[C@H](CNC(=O)[C@@H]1CCCN(C(=O)c2cc(-c3ccncc3)n[nH]2)C1)c1ccccc1. The first-order valence-electron chi connectivity index (χ1n) is 10.7. The average molecular weight is 418 g/mol. The van der Waals surface area contributed by atoms with Crippen LogP contribution < -0.4 is 5.32 Å². The molecule has 2 N–H and O–H groups in total. The molecule has 4 rings (SSSR count). The number of benzene rings is 1. The largest absolute Gasteiger partial charge is 0.355 e. The van der Waals surface area contributed by atoms with Gasteiger partial charge < -0.3 is 10.2 Å². The Morgan fingerprint density at radius 1 is 1.19 bits per heavy atom. The lowest BCUT2D eigenvalue weighted by Gasteiger charge is -2.32. The van der Waals surface area contributed by atoms with Gasteiger partial charge in [0.25, 0.3) is 5.91 Å². The summed E-state index contributed by atoms with van der Waals surface area (Å²) in [4.78, 5) is 31.5. The minimum absolute atomic E-state index is 0.0161. The molecule has 0 bridgehead atoms. The molecule has 1 aliphatic rings. The van der Waals surface area contributed by atoms with E-state index in [9.17, 15) is 9.59 Å². The number of aromatic nitrogens is 3. The molecule has 1 saturated heterocycles. The summed E-state index contributed by atoms with van der Waals surface area (Å²) in [6.45, 7) is 3.76. The highest BCUT2D eigenvalue weighted by Gasteiger charge is 2.29. The fraction of sp³-hybridized carbons (Fsp3) is 0.333. The van der Waals surface area contributed by atoms with Gasteiger partial charge in [-0.25, -0.2) is 0 Å². The molecule has 0 radical (unpaired) electrons. The molecule has 7 nitrogen and oxygen atoms in total. The maximum absolute atomic E-state index is 13.0. The summed E-state index contributed by atoms with van der Waals surface area (Å²) in [6, 6.07) is 15.6. The zero-order chi connectivity index (χ0) is 21.6. The number of amides is 2. The van der Waals surface area contributed by atoms with Crippen LogP contribution in [0, 0.1) is 5.92 Å². The van der Waals surface area contributed by atoms with E-state index in [1.165, 1.54) is 5.56 Å². The molecule has 3 heterocycles. The zero-order valence-electron chi connectivity index (χ0n) is 17.6. The van der Waals surface area contributed by atoms with Gasteiger partial charge >= 0.3 is 0 Å². The Bertz CT molecular complexity index is 1020. The topological polar surface area (TPSA) is 91.0 Å². The third-order valence-corrected chi connectivity index (χ3v) is 5.81. The molecular formula is C24H27N5O2. The summed E-state index contributed by atoms with van der Waals surface area (Å²) in [5.41, 5.74) is 3.23. The predicted molar refractivity (Wildman–Crippen MR) is 118 cm³/mol. The molecule has 3 aromatic rings. The Balaban J connectivity index is 1.34. The van der Waals surface area contributed by atoms with Gasteiger partial charge in [-0.05, 0) is 42.5 Å². The summed E-state index contributed by atoms with van der Waals surface area (Å²) < 4.78 is 0. The zero-order valence-corrected chi connectivity index (χ0v) is 17.6. The van der Waals surface area contributed by atoms with E-state index in [2.05, 4.69) is 39.6 Å². The molecule has 0 unspecified atom stereocenters. The fourth-order valence-corrected chi connectivity index (χ4v) is 3.95. The molecule has 0 aliphatic carbocycles. The number of carbonyl (C=O) groups is 2. The first-order chi connectivity index (χ1) is 15.1. The quantitative estimate of drug-likeness (QED) is 0.644. The first-order valence-corrected chi connectivity index (χ1v) is 10.7. The summed E-state index contributed by atoms with van der Waals surface area (Å²) in [6.07, 6.45) is 4.99. The Hall–Kier alpha value is -3.48. The van der Waals surface area contributed by atoms with Crippen molar-refractivity contribution in [2.75, 3.05) is 19.6 Å². The van der Waals surface area contributed by atoms with Crippen LogP contribution in [0.1, 0.15) is 41.7 Å². The van der Waals surface area contributed by atoms with Crippen LogP contribution in [-0.4, -0.2) is 51.5 Å². The highest BCUT2D eigenvalue weighted by Crippen LogP contribution is 2.21. The third kappa shape index (κ3) is 4.99. The second kappa shape index (κ2) is 9.55. The van der Waals surface area contributed by atoms with E-state index < -0.39 is 0 Å². The monoisotopic (exact) mass is 417 g/mol. The molecule has 1 fully saturated rings. The maximum Gasteiger partial charge on any atom is 0.271 e. The van der Waals surface area contributed by atoms with E-state index in [-0.39, 0.29) is 23.7 Å². The van der Waals surface area contributed by atoms with Crippen molar-refractivity contribution in [1.29, 1.82) is 0 Å². The van der Waals surface area contributed by atoms with Gasteiger partial charge in [0.15, 0.2) is 0 Å². The Labute approximate surface area is 181 Å². The summed E-state index contributed by atoms with van der Waals surface area (Å²) in [5, 5.41) is 10.2. The van der Waals surface area contributed by atoms with Crippen molar-refractivity contribution in [3.05, 3.63) is 72.2 Å². The molecule has 31 heavy (non-hydrogen) atoms. The number of hydrogen-bond acceptors (Lipinski definition) is 4. The molecule has 0 spiro atoms. The number of piperidine rings is 1. The Kier molecular flexibility index (Phi) is 6.40.